The Balaban J connectivity index is 2.16. The van der Waals surface area contributed by atoms with Gasteiger partial charge in [0.15, 0.2) is 0 Å². The Hall–Kier alpha value is -0.870. The first-order valence-corrected chi connectivity index (χ1v) is 6.01. The normalized spacial score (nSPS) is 17.2. The average Bonchev–Trinajstić information content (AvgIpc) is 2.56. The molecule has 4 nitrogen and oxygen atoms in total. The summed E-state index contributed by atoms with van der Waals surface area (Å²) in [4.78, 5) is 4.63. The van der Waals surface area contributed by atoms with E-state index in [4.69, 9.17) is 10.5 Å². The van der Waals surface area contributed by atoms with Crippen molar-refractivity contribution in [2.75, 3.05) is 13.7 Å². The van der Waals surface area contributed by atoms with Gasteiger partial charge in [0.2, 0.25) is 0 Å². The van der Waals surface area contributed by atoms with Crippen LogP contribution >= 0.6 is 0 Å². The summed E-state index contributed by atoms with van der Waals surface area (Å²) in [6.07, 6.45) is 4.82. The number of nitrogens with zero attached hydrogens (tertiary/aromatic N) is 2. The monoisotopic (exact) mass is 223 g/mol. The number of methoxy groups -OCH3 is 1. The number of aromatic nitrogens is 2. The molecule has 90 valence electrons. The van der Waals surface area contributed by atoms with Gasteiger partial charge in [0.05, 0.1) is 12.3 Å². The molecule has 0 spiro atoms. The molecule has 0 aliphatic heterocycles. The maximum absolute atomic E-state index is 6.00. The van der Waals surface area contributed by atoms with Crippen LogP contribution in [0.5, 0.6) is 0 Å². The van der Waals surface area contributed by atoms with Crippen molar-refractivity contribution >= 4 is 0 Å². The first-order chi connectivity index (χ1) is 7.72. The van der Waals surface area contributed by atoms with Gasteiger partial charge in [0.1, 0.15) is 5.82 Å². The lowest BCUT2D eigenvalue weighted by molar-refractivity contribution is 0.173. The maximum atomic E-state index is 6.00. The minimum absolute atomic E-state index is 0.0592. The molecule has 0 amide bonds. The van der Waals surface area contributed by atoms with Crippen molar-refractivity contribution in [3.63, 3.8) is 0 Å². The maximum Gasteiger partial charge on any atom is 0.106 e. The lowest BCUT2D eigenvalue weighted by Gasteiger charge is -2.18. The molecule has 0 bridgehead atoms. The Bertz CT molecular complexity index is 359. The van der Waals surface area contributed by atoms with Crippen LogP contribution in [-0.4, -0.2) is 29.3 Å². The van der Waals surface area contributed by atoms with E-state index in [-0.39, 0.29) is 6.04 Å². The third-order valence-corrected chi connectivity index (χ3v) is 3.22. The molecule has 16 heavy (non-hydrogen) atoms. The fraction of sp³-hybridized carbons (Fsp3) is 0.750. The summed E-state index contributed by atoms with van der Waals surface area (Å²) in [6.45, 7) is 3.49. The number of nitrogens with two attached hydrogens (primary N) is 1. The van der Waals surface area contributed by atoms with Crippen LogP contribution in [0.25, 0.3) is 0 Å². The van der Waals surface area contributed by atoms with Crippen LogP contribution in [0.15, 0.2) is 0 Å². The molecular weight excluding hydrogens is 202 g/mol. The highest BCUT2D eigenvalue weighted by Gasteiger charge is 2.19. The number of imidazole rings is 1. The van der Waals surface area contributed by atoms with E-state index in [1.54, 1.807) is 7.11 Å². The highest BCUT2D eigenvalue weighted by molar-refractivity contribution is 5.20. The SMILES string of the molecule is COCC(N)Cn1c(C)nc2c1CCCC2. The zero-order valence-corrected chi connectivity index (χ0v) is 10.2. The number of hydrogen-bond donors (Lipinski definition) is 1. The summed E-state index contributed by atoms with van der Waals surface area (Å²) in [5, 5.41) is 0. The Morgan fingerprint density at radius 2 is 2.19 bits per heavy atom. The van der Waals surface area contributed by atoms with E-state index in [0.29, 0.717) is 6.61 Å². The average molecular weight is 223 g/mol. The second-order valence-electron chi connectivity index (χ2n) is 4.59. The van der Waals surface area contributed by atoms with Crippen molar-refractivity contribution in [1.29, 1.82) is 0 Å². The van der Waals surface area contributed by atoms with E-state index in [2.05, 4.69) is 16.5 Å². The smallest absolute Gasteiger partial charge is 0.106 e. The minimum atomic E-state index is 0.0592. The van der Waals surface area contributed by atoms with Crippen LogP contribution in [0.1, 0.15) is 30.1 Å². The highest BCUT2D eigenvalue weighted by Crippen LogP contribution is 2.22. The summed E-state index contributed by atoms with van der Waals surface area (Å²) in [5.74, 6) is 1.10. The van der Waals surface area contributed by atoms with Gasteiger partial charge in [0, 0.05) is 25.4 Å². The molecule has 4 heteroatoms. The molecular formula is C12H21N3O. The van der Waals surface area contributed by atoms with Crippen molar-refractivity contribution < 1.29 is 4.74 Å². The van der Waals surface area contributed by atoms with Gasteiger partial charge in [-0.25, -0.2) is 4.98 Å². The summed E-state index contributed by atoms with van der Waals surface area (Å²) in [7, 11) is 1.69. The van der Waals surface area contributed by atoms with Crippen molar-refractivity contribution in [1.82, 2.24) is 9.55 Å². The highest BCUT2D eigenvalue weighted by atomic mass is 16.5. The summed E-state index contributed by atoms with van der Waals surface area (Å²) in [6, 6.07) is 0.0592. The molecule has 1 aliphatic carbocycles. The third kappa shape index (κ3) is 2.28. The lowest BCUT2D eigenvalue weighted by Crippen LogP contribution is -2.32. The van der Waals surface area contributed by atoms with Gasteiger partial charge in [-0.05, 0) is 32.6 Å². The molecule has 1 aromatic heterocycles. The molecule has 0 radical (unpaired) electrons. The van der Waals surface area contributed by atoms with E-state index in [9.17, 15) is 0 Å². The van der Waals surface area contributed by atoms with Crippen LogP contribution in [0.2, 0.25) is 0 Å². The van der Waals surface area contributed by atoms with Crippen LogP contribution in [-0.2, 0) is 24.1 Å². The van der Waals surface area contributed by atoms with Gasteiger partial charge in [-0.1, -0.05) is 0 Å². The number of aryl methyl sites for hydroxylation is 2. The quantitative estimate of drug-likeness (QED) is 0.830. The fourth-order valence-electron chi connectivity index (χ4n) is 2.48. The first kappa shape index (κ1) is 11.6. The molecule has 1 atom stereocenters. The Morgan fingerprint density at radius 3 is 2.94 bits per heavy atom. The second-order valence-corrected chi connectivity index (χ2v) is 4.59. The lowest BCUT2D eigenvalue weighted by atomic mass is 10.0. The molecule has 2 N–H and O–H groups in total. The molecule has 1 unspecified atom stereocenters. The largest absolute Gasteiger partial charge is 0.383 e. The van der Waals surface area contributed by atoms with Crippen molar-refractivity contribution in [2.45, 2.75) is 45.2 Å². The molecule has 0 saturated heterocycles. The summed E-state index contributed by atoms with van der Waals surface area (Å²) in [5.41, 5.74) is 8.69. The number of fused-ring (bicyclic) bond motifs is 1. The third-order valence-electron chi connectivity index (χ3n) is 3.22. The van der Waals surface area contributed by atoms with Gasteiger partial charge in [-0.2, -0.15) is 0 Å². The molecule has 1 heterocycles. The summed E-state index contributed by atoms with van der Waals surface area (Å²) < 4.78 is 7.35. The van der Waals surface area contributed by atoms with Gasteiger partial charge >= 0.3 is 0 Å². The van der Waals surface area contributed by atoms with E-state index in [0.717, 1.165) is 25.2 Å². The molecule has 0 aromatic carbocycles. The zero-order chi connectivity index (χ0) is 11.5. The second kappa shape index (κ2) is 4.97. The number of hydrogen-bond acceptors (Lipinski definition) is 3. The fourth-order valence-corrected chi connectivity index (χ4v) is 2.48. The van der Waals surface area contributed by atoms with Crippen LogP contribution < -0.4 is 5.73 Å². The molecule has 0 fully saturated rings. The molecule has 1 aromatic rings. The number of ether oxygens (including phenoxy) is 1. The molecule has 1 aliphatic rings. The Morgan fingerprint density at radius 1 is 1.44 bits per heavy atom. The Labute approximate surface area is 96.8 Å². The summed E-state index contributed by atoms with van der Waals surface area (Å²) >= 11 is 0. The van der Waals surface area contributed by atoms with Gasteiger partial charge in [-0.15, -0.1) is 0 Å². The Kier molecular flexibility index (Phi) is 3.61. The van der Waals surface area contributed by atoms with Crippen LogP contribution in [0, 0.1) is 6.92 Å². The van der Waals surface area contributed by atoms with Gasteiger partial charge in [0.25, 0.3) is 0 Å². The van der Waals surface area contributed by atoms with E-state index >= 15 is 0 Å². The topological polar surface area (TPSA) is 53.1 Å². The predicted molar refractivity (Wildman–Crippen MR) is 63.5 cm³/mol. The molecule has 0 saturated carbocycles. The number of rotatable bonds is 4. The predicted octanol–water partition coefficient (Wildman–Crippen LogP) is 1.04. The van der Waals surface area contributed by atoms with Gasteiger partial charge in [-0.3, -0.25) is 0 Å². The van der Waals surface area contributed by atoms with Crippen molar-refractivity contribution in [2.24, 2.45) is 5.73 Å². The molecule has 2 rings (SSSR count). The van der Waals surface area contributed by atoms with Crippen LogP contribution in [0.4, 0.5) is 0 Å². The standard InChI is InChI=1S/C12H21N3O/c1-9-14-11-5-3-4-6-12(11)15(9)7-10(13)8-16-2/h10H,3-8,13H2,1-2H3. The van der Waals surface area contributed by atoms with E-state index in [1.165, 1.54) is 24.2 Å². The van der Waals surface area contributed by atoms with Crippen LogP contribution in [0.3, 0.4) is 0 Å². The zero-order valence-electron chi connectivity index (χ0n) is 10.2. The first-order valence-electron chi connectivity index (χ1n) is 6.01. The van der Waals surface area contributed by atoms with Gasteiger partial charge < -0.3 is 15.0 Å². The van der Waals surface area contributed by atoms with E-state index < -0.39 is 0 Å². The van der Waals surface area contributed by atoms with Crippen molar-refractivity contribution in [3.05, 3.63) is 17.2 Å². The van der Waals surface area contributed by atoms with E-state index in [1.807, 2.05) is 0 Å². The minimum Gasteiger partial charge on any atom is -0.383 e. The van der Waals surface area contributed by atoms with Crippen molar-refractivity contribution in [3.8, 4) is 0 Å².